The monoisotopic (exact) mass is 240 g/mol. The molecule has 3 N–H and O–H groups in total. The first-order chi connectivity index (χ1) is 7.61. The van der Waals surface area contributed by atoms with Gasteiger partial charge in [0.2, 0.25) is 5.91 Å². The van der Waals surface area contributed by atoms with Gasteiger partial charge < -0.3 is 11.1 Å². The molecular weight excluding hydrogens is 224 g/mol. The molecule has 0 fully saturated rings. The lowest BCUT2D eigenvalue weighted by molar-refractivity contribution is -0.120. The summed E-state index contributed by atoms with van der Waals surface area (Å²) in [5.41, 5.74) is 7.03. The van der Waals surface area contributed by atoms with Gasteiger partial charge in [0.05, 0.1) is 0 Å². The van der Waals surface area contributed by atoms with E-state index in [-0.39, 0.29) is 11.9 Å². The third kappa shape index (κ3) is 4.64. The molecule has 1 aromatic carbocycles. The van der Waals surface area contributed by atoms with Crippen molar-refractivity contribution in [2.24, 2.45) is 5.73 Å². The Labute approximate surface area is 101 Å². The SMILES string of the molecule is CCC(=O)NCC(N)Cc1ccc(Cl)cc1. The zero-order valence-corrected chi connectivity index (χ0v) is 10.1. The third-order valence-electron chi connectivity index (χ3n) is 2.29. The Hall–Kier alpha value is -1.06. The third-order valence-corrected chi connectivity index (χ3v) is 2.55. The second kappa shape index (κ2) is 6.51. The molecule has 0 aliphatic heterocycles. The fraction of sp³-hybridized carbons (Fsp3) is 0.417. The highest BCUT2D eigenvalue weighted by Gasteiger charge is 2.05. The largest absolute Gasteiger partial charge is 0.355 e. The molecule has 1 aromatic rings. The molecule has 1 atom stereocenters. The van der Waals surface area contributed by atoms with E-state index in [1.165, 1.54) is 0 Å². The minimum absolute atomic E-state index is 0.0338. The van der Waals surface area contributed by atoms with Gasteiger partial charge in [-0.2, -0.15) is 0 Å². The summed E-state index contributed by atoms with van der Waals surface area (Å²) in [7, 11) is 0. The van der Waals surface area contributed by atoms with Crippen LogP contribution in [-0.4, -0.2) is 18.5 Å². The highest BCUT2D eigenvalue weighted by molar-refractivity contribution is 6.30. The number of hydrogen-bond donors (Lipinski definition) is 2. The lowest BCUT2D eigenvalue weighted by Crippen LogP contribution is -2.38. The molecule has 0 saturated carbocycles. The molecular formula is C12H17ClN2O. The van der Waals surface area contributed by atoms with Crippen molar-refractivity contribution in [2.45, 2.75) is 25.8 Å². The average molecular weight is 241 g/mol. The Bertz CT molecular complexity index is 337. The van der Waals surface area contributed by atoms with E-state index in [1.54, 1.807) is 0 Å². The molecule has 1 rings (SSSR count). The second-order valence-corrected chi connectivity index (χ2v) is 4.18. The lowest BCUT2D eigenvalue weighted by atomic mass is 10.1. The van der Waals surface area contributed by atoms with E-state index < -0.39 is 0 Å². The fourth-order valence-electron chi connectivity index (χ4n) is 1.37. The van der Waals surface area contributed by atoms with Crippen molar-refractivity contribution in [3.63, 3.8) is 0 Å². The number of carbonyl (C=O) groups is 1. The van der Waals surface area contributed by atoms with Crippen molar-refractivity contribution in [1.82, 2.24) is 5.32 Å². The summed E-state index contributed by atoms with van der Waals surface area (Å²) in [6, 6.07) is 7.52. The van der Waals surface area contributed by atoms with Crippen LogP contribution in [0.4, 0.5) is 0 Å². The summed E-state index contributed by atoms with van der Waals surface area (Å²) in [6.45, 7) is 2.33. The lowest BCUT2D eigenvalue weighted by Gasteiger charge is -2.12. The number of nitrogens with one attached hydrogen (secondary N) is 1. The molecule has 1 amide bonds. The van der Waals surface area contributed by atoms with Gasteiger partial charge in [-0.15, -0.1) is 0 Å². The zero-order valence-electron chi connectivity index (χ0n) is 9.37. The van der Waals surface area contributed by atoms with Gasteiger partial charge >= 0.3 is 0 Å². The molecule has 88 valence electrons. The smallest absolute Gasteiger partial charge is 0.219 e. The number of halogens is 1. The van der Waals surface area contributed by atoms with Crippen molar-refractivity contribution < 1.29 is 4.79 Å². The van der Waals surface area contributed by atoms with E-state index in [0.717, 1.165) is 17.0 Å². The standard InChI is InChI=1S/C12H17ClN2O/c1-2-12(16)15-8-11(14)7-9-3-5-10(13)6-4-9/h3-6,11H,2,7-8,14H2,1H3,(H,15,16). The maximum absolute atomic E-state index is 11.0. The van der Waals surface area contributed by atoms with Crippen molar-refractivity contribution in [2.75, 3.05) is 6.54 Å². The maximum atomic E-state index is 11.0. The van der Waals surface area contributed by atoms with Gasteiger partial charge in [0.1, 0.15) is 0 Å². The highest BCUT2D eigenvalue weighted by Crippen LogP contribution is 2.10. The number of nitrogens with two attached hydrogens (primary N) is 1. The van der Waals surface area contributed by atoms with Crippen LogP contribution in [0.25, 0.3) is 0 Å². The Balaban J connectivity index is 2.36. The molecule has 0 aromatic heterocycles. The van der Waals surface area contributed by atoms with Crippen LogP contribution >= 0.6 is 11.6 Å². The van der Waals surface area contributed by atoms with E-state index >= 15 is 0 Å². The number of hydrogen-bond acceptors (Lipinski definition) is 2. The molecule has 0 spiro atoms. The molecule has 0 radical (unpaired) electrons. The molecule has 0 saturated heterocycles. The number of carbonyl (C=O) groups excluding carboxylic acids is 1. The highest BCUT2D eigenvalue weighted by atomic mass is 35.5. The van der Waals surface area contributed by atoms with E-state index in [0.29, 0.717) is 13.0 Å². The molecule has 4 heteroatoms. The van der Waals surface area contributed by atoms with Gasteiger partial charge in [-0.3, -0.25) is 4.79 Å². The van der Waals surface area contributed by atoms with Crippen LogP contribution in [0.1, 0.15) is 18.9 Å². The molecule has 0 aliphatic carbocycles. The average Bonchev–Trinajstić information content (AvgIpc) is 2.29. The van der Waals surface area contributed by atoms with Gasteiger partial charge in [-0.1, -0.05) is 30.7 Å². The quantitative estimate of drug-likeness (QED) is 0.824. The first-order valence-corrected chi connectivity index (χ1v) is 5.76. The molecule has 0 heterocycles. The van der Waals surface area contributed by atoms with Gasteiger partial charge in [0.15, 0.2) is 0 Å². The Kier molecular flexibility index (Phi) is 5.29. The van der Waals surface area contributed by atoms with Crippen LogP contribution < -0.4 is 11.1 Å². The second-order valence-electron chi connectivity index (χ2n) is 3.75. The minimum Gasteiger partial charge on any atom is -0.355 e. The molecule has 0 bridgehead atoms. The van der Waals surface area contributed by atoms with Crippen LogP contribution in [0.15, 0.2) is 24.3 Å². The van der Waals surface area contributed by atoms with Crippen LogP contribution in [0, 0.1) is 0 Å². The summed E-state index contributed by atoms with van der Waals surface area (Å²) < 4.78 is 0. The Morgan fingerprint density at radius 2 is 2.06 bits per heavy atom. The number of benzene rings is 1. The first kappa shape index (κ1) is 13.0. The van der Waals surface area contributed by atoms with E-state index in [9.17, 15) is 4.79 Å². The predicted octanol–water partition coefficient (Wildman–Crippen LogP) is 1.74. The van der Waals surface area contributed by atoms with E-state index in [1.807, 2.05) is 31.2 Å². The molecule has 16 heavy (non-hydrogen) atoms. The maximum Gasteiger partial charge on any atom is 0.219 e. The number of rotatable bonds is 5. The molecule has 1 unspecified atom stereocenters. The zero-order chi connectivity index (χ0) is 12.0. The Morgan fingerprint density at radius 1 is 1.44 bits per heavy atom. The van der Waals surface area contributed by atoms with Crippen molar-refractivity contribution in [3.05, 3.63) is 34.9 Å². The fourth-order valence-corrected chi connectivity index (χ4v) is 1.49. The van der Waals surface area contributed by atoms with Crippen LogP contribution in [0.3, 0.4) is 0 Å². The van der Waals surface area contributed by atoms with E-state index in [4.69, 9.17) is 17.3 Å². The summed E-state index contributed by atoms with van der Waals surface area (Å²) in [5, 5.41) is 3.49. The summed E-state index contributed by atoms with van der Waals surface area (Å²) >= 11 is 5.78. The van der Waals surface area contributed by atoms with Crippen LogP contribution in [0.5, 0.6) is 0 Å². The van der Waals surface area contributed by atoms with Crippen molar-refractivity contribution >= 4 is 17.5 Å². The van der Waals surface area contributed by atoms with Crippen molar-refractivity contribution in [1.29, 1.82) is 0 Å². The summed E-state index contributed by atoms with van der Waals surface area (Å²) in [6.07, 6.45) is 1.23. The van der Waals surface area contributed by atoms with Crippen LogP contribution in [0.2, 0.25) is 5.02 Å². The number of amides is 1. The van der Waals surface area contributed by atoms with Gasteiger partial charge in [0, 0.05) is 24.0 Å². The van der Waals surface area contributed by atoms with Crippen molar-refractivity contribution in [3.8, 4) is 0 Å². The normalized spacial score (nSPS) is 12.2. The molecule has 3 nitrogen and oxygen atoms in total. The van der Waals surface area contributed by atoms with Gasteiger partial charge in [0.25, 0.3) is 0 Å². The van der Waals surface area contributed by atoms with Gasteiger partial charge in [-0.05, 0) is 24.1 Å². The summed E-state index contributed by atoms with van der Waals surface area (Å²) in [4.78, 5) is 11.0. The Morgan fingerprint density at radius 3 is 2.62 bits per heavy atom. The topological polar surface area (TPSA) is 55.1 Å². The minimum atomic E-state index is -0.0586. The summed E-state index contributed by atoms with van der Waals surface area (Å²) in [5.74, 6) is 0.0338. The molecule has 0 aliphatic rings. The van der Waals surface area contributed by atoms with Crippen LogP contribution in [-0.2, 0) is 11.2 Å². The van der Waals surface area contributed by atoms with Gasteiger partial charge in [-0.25, -0.2) is 0 Å². The first-order valence-electron chi connectivity index (χ1n) is 5.38. The predicted molar refractivity (Wildman–Crippen MR) is 66.4 cm³/mol. The van der Waals surface area contributed by atoms with E-state index in [2.05, 4.69) is 5.32 Å².